The molecule has 2 heterocycles. The summed E-state index contributed by atoms with van der Waals surface area (Å²) in [6.45, 7) is 3.97. The lowest BCUT2D eigenvalue weighted by Crippen LogP contribution is -2.16. The van der Waals surface area contributed by atoms with E-state index in [2.05, 4.69) is 20.6 Å². The highest BCUT2D eigenvalue weighted by atomic mass is 15.1. The second-order valence-electron chi connectivity index (χ2n) is 4.25. The molecule has 1 aromatic rings. The van der Waals surface area contributed by atoms with Crippen LogP contribution in [0.5, 0.6) is 0 Å². The van der Waals surface area contributed by atoms with Crippen LogP contribution in [0.25, 0.3) is 0 Å². The van der Waals surface area contributed by atoms with Gasteiger partial charge in [0.2, 0.25) is 0 Å². The second-order valence-corrected chi connectivity index (χ2v) is 4.25. The molecule has 0 unspecified atom stereocenters. The molecule has 2 N–H and O–H groups in total. The fourth-order valence-electron chi connectivity index (χ4n) is 2.02. The number of aliphatic imine (C=N–C) groups is 1. The summed E-state index contributed by atoms with van der Waals surface area (Å²) < 4.78 is 2.11. The summed E-state index contributed by atoms with van der Waals surface area (Å²) in [5.74, 6) is 1.53. The first-order valence-corrected chi connectivity index (χ1v) is 5.63. The number of hydrogen-bond donors (Lipinski definition) is 1. The first-order valence-electron chi connectivity index (χ1n) is 5.63. The van der Waals surface area contributed by atoms with Crippen molar-refractivity contribution in [3.05, 3.63) is 29.0 Å². The largest absolute Gasteiger partial charge is 0.382 e. The van der Waals surface area contributed by atoms with Crippen LogP contribution in [-0.4, -0.2) is 15.4 Å². The highest BCUT2D eigenvalue weighted by Gasteiger charge is 2.15. The highest BCUT2D eigenvalue weighted by molar-refractivity contribution is 5.97. The second kappa shape index (κ2) is 4.12. The average molecular weight is 218 g/mol. The molecular formula is C12H18N4. The van der Waals surface area contributed by atoms with E-state index in [9.17, 15) is 0 Å². The average Bonchev–Trinajstić information content (AvgIpc) is 2.53. The van der Waals surface area contributed by atoms with Gasteiger partial charge >= 0.3 is 0 Å². The van der Waals surface area contributed by atoms with Crippen molar-refractivity contribution < 1.29 is 0 Å². The first kappa shape index (κ1) is 10.9. The summed E-state index contributed by atoms with van der Waals surface area (Å²) >= 11 is 0. The van der Waals surface area contributed by atoms with Gasteiger partial charge in [0.15, 0.2) is 5.84 Å². The van der Waals surface area contributed by atoms with Gasteiger partial charge in [-0.05, 0) is 33.1 Å². The van der Waals surface area contributed by atoms with Crippen LogP contribution in [0.2, 0.25) is 0 Å². The van der Waals surface area contributed by atoms with Crippen LogP contribution >= 0.6 is 0 Å². The molecule has 0 fully saturated rings. The third-order valence-corrected chi connectivity index (χ3v) is 3.03. The van der Waals surface area contributed by atoms with Crippen LogP contribution in [0, 0.1) is 6.92 Å². The lowest BCUT2D eigenvalue weighted by molar-refractivity contribution is 0.739. The Labute approximate surface area is 95.9 Å². The zero-order chi connectivity index (χ0) is 11.7. The van der Waals surface area contributed by atoms with Gasteiger partial charge in [-0.15, -0.1) is 0 Å². The van der Waals surface area contributed by atoms with Crippen molar-refractivity contribution in [2.45, 2.75) is 33.1 Å². The molecular weight excluding hydrogens is 200 g/mol. The quantitative estimate of drug-likeness (QED) is 0.720. The number of aromatic nitrogens is 2. The smallest absolute Gasteiger partial charge is 0.151 e. The molecule has 0 atom stereocenters. The minimum Gasteiger partial charge on any atom is -0.382 e. The summed E-state index contributed by atoms with van der Waals surface area (Å²) in [6.07, 6.45) is 5.30. The standard InChI is InChI=1S/C12H18N4/c1-8-6-4-5-7-10-11(12(13)14-8)15-9(2)16(10)3/h6H,4-5,7H2,1-3H3,(H2,13,14). The molecule has 1 aliphatic rings. The Balaban J connectivity index is 2.55. The molecule has 0 saturated carbocycles. The van der Waals surface area contributed by atoms with E-state index < -0.39 is 0 Å². The van der Waals surface area contributed by atoms with Crippen molar-refractivity contribution in [3.8, 4) is 0 Å². The van der Waals surface area contributed by atoms with E-state index in [1.54, 1.807) is 0 Å². The Morgan fingerprint density at radius 3 is 2.88 bits per heavy atom. The summed E-state index contributed by atoms with van der Waals surface area (Å²) in [4.78, 5) is 8.86. The molecule has 1 aromatic heterocycles. The molecule has 86 valence electrons. The number of rotatable bonds is 0. The predicted molar refractivity (Wildman–Crippen MR) is 65.4 cm³/mol. The number of allylic oxidation sites excluding steroid dienone is 2. The Bertz CT molecular complexity index is 466. The zero-order valence-corrected chi connectivity index (χ0v) is 10.1. The van der Waals surface area contributed by atoms with Gasteiger partial charge in [-0.25, -0.2) is 9.98 Å². The van der Waals surface area contributed by atoms with Crippen LogP contribution < -0.4 is 5.73 Å². The van der Waals surface area contributed by atoms with Gasteiger partial charge in [-0.2, -0.15) is 0 Å². The zero-order valence-electron chi connectivity index (χ0n) is 10.1. The third-order valence-electron chi connectivity index (χ3n) is 3.03. The van der Waals surface area contributed by atoms with Crippen LogP contribution in [0.1, 0.15) is 37.0 Å². The fraction of sp³-hybridized carbons (Fsp3) is 0.500. The van der Waals surface area contributed by atoms with Gasteiger partial charge in [0.1, 0.15) is 11.5 Å². The van der Waals surface area contributed by atoms with E-state index in [0.29, 0.717) is 5.84 Å². The molecule has 0 aliphatic carbocycles. The molecule has 0 aromatic carbocycles. The SMILES string of the molecule is CC1=CCCCc2c(nc(C)n2C)C(N)=N1. The van der Waals surface area contributed by atoms with Crippen molar-refractivity contribution in [1.29, 1.82) is 0 Å². The third kappa shape index (κ3) is 1.87. The van der Waals surface area contributed by atoms with Gasteiger partial charge < -0.3 is 10.3 Å². The summed E-state index contributed by atoms with van der Waals surface area (Å²) in [6, 6.07) is 0. The topological polar surface area (TPSA) is 56.2 Å². The minimum atomic E-state index is 0.536. The van der Waals surface area contributed by atoms with E-state index in [4.69, 9.17) is 5.73 Å². The number of hydrogen-bond acceptors (Lipinski definition) is 3. The van der Waals surface area contributed by atoms with Crippen LogP contribution in [0.4, 0.5) is 0 Å². The maximum atomic E-state index is 5.99. The molecule has 4 heteroatoms. The minimum absolute atomic E-state index is 0.536. The van der Waals surface area contributed by atoms with Gasteiger partial charge in [0.25, 0.3) is 0 Å². The summed E-state index contributed by atoms with van der Waals surface area (Å²) in [7, 11) is 2.03. The molecule has 16 heavy (non-hydrogen) atoms. The molecule has 1 aliphatic heterocycles. The molecule has 4 nitrogen and oxygen atoms in total. The van der Waals surface area contributed by atoms with Crippen molar-refractivity contribution in [2.75, 3.05) is 0 Å². The molecule has 0 saturated heterocycles. The van der Waals surface area contributed by atoms with Crippen LogP contribution in [0.15, 0.2) is 16.8 Å². The highest BCUT2D eigenvalue weighted by Crippen LogP contribution is 2.16. The van der Waals surface area contributed by atoms with Gasteiger partial charge in [-0.3, -0.25) is 0 Å². The lowest BCUT2D eigenvalue weighted by atomic mass is 10.1. The maximum absolute atomic E-state index is 5.99. The van der Waals surface area contributed by atoms with E-state index in [0.717, 1.165) is 36.5 Å². The Kier molecular flexibility index (Phi) is 2.81. The Morgan fingerprint density at radius 1 is 1.38 bits per heavy atom. The molecule has 2 rings (SSSR count). The maximum Gasteiger partial charge on any atom is 0.151 e. The van der Waals surface area contributed by atoms with Crippen molar-refractivity contribution in [3.63, 3.8) is 0 Å². The predicted octanol–water partition coefficient (Wildman–Crippen LogP) is 1.67. The van der Waals surface area contributed by atoms with E-state index in [-0.39, 0.29) is 0 Å². The Hall–Kier alpha value is -1.58. The summed E-state index contributed by atoms with van der Waals surface area (Å²) in [5, 5.41) is 0. The van der Waals surface area contributed by atoms with E-state index in [1.807, 2.05) is 20.9 Å². The van der Waals surface area contributed by atoms with Gasteiger partial charge in [-0.1, -0.05) is 6.08 Å². The van der Waals surface area contributed by atoms with Crippen LogP contribution in [0.3, 0.4) is 0 Å². The number of nitrogens with two attached hydrogens (primary N) is 1. The monoisotopic (exact) mass is 218 g/mol. The van der Waals surface area contributed by atoms with Crippen molar-refractivity contribution in [2.24, 2.45) is 17.8 Å². The fourth-order valence-corrected chi connectivity index (χ4v) is 2.02. The lowest BCUT2D eigenvalue weighted by Gasteiger charge is -2.04. The molecule has 0 radical (unpaired) electrons. The Morgan fingerprint density at radius 2 is 2.12 bits per heavy atom. The molecule has 0 bridgehead atoms. The first-order chi connectivity index (χ1) is 7.59. The number of amidine groups is 1. The molecule has 0 spiro atoms. The summed E-state index contributed by atoms with van der Waals surface area (Å²) in [5.41, 5.74) is 9.02. The van der Waals surface area contributed by atoms with E-state index in [1.165, 1.54) is 5.69 Å². The van der Waals surface area contributed by atoms with Crippen LogP contribution in [-0.2, 0) is 13.5 Å². The van der Waals surface area contributed by atoms with Crippen molar-refractivity contribution >= 4 is 5.84 Å². The van der Waals surface area contributed by atoms with Gasteiger partial charge in [0, 0.05) is 18.4 Å². The number of nitrogens with zero attached hydrogens (tertiary/aromatic N) is 3. The number of aryl methyl sites for hydroxylation is 1. The van der Waals surface area contributed by atoms with Crippen molar-refractivity contribution in [1.82, 2.24) is 9.55 Å². The van der Waals surface area contributed by atoms with E-state index >= 15 is 0 Å². The number of imidazole rings is 1. The van der Waals surface area contributed by atoms with Gasteiger partial charge in [0.05, 0.1) is 0 Å². The number of fused-ring (bicyclic) bond motifs is 1. The molecule has 0 amide bonds. The normalized spacial score (nSPS) is 16.7.